The van der Waals surface area contributed by atoms with Crippen LogP contribution in [0.5, 0.6) is 0 Å². The molecule has 1 aliphatic heterocycles. The van der Waals surface area contributed by atoms with Gasteiger partial charge < -0.3 is 9.42 Å². The van der Waals surface area contributed by atoms with Crippen molar-refractivity contribution in [1.82, 2.24) is 15.0 Å². The van der Waals surface area contributed by atoms with Crippen LogP contribution < -0.4 is 0 Å². The van der Waals surface area contributed by atoms with Crippen LogP contribution in [0.3, 0.4) is 0 Å². The first-order chi connectivity index (χ1) is 10.7. The summed E-state index contributed by atoms with van der Waals surface area (Å²) in [5.41, 5.74) is 0.851. The van der Waals surface area contributed by atoms with Crippen LogP contribution in [-0.2, 0) is 4.79 Å². The third kappa shape index (κ3) is 2.99. The van der Waals surface area contributed by atoms with Crippen LogP contribution in [0.1, 0.15) is 44.5 Å². The van der Waals surface area contributed by atoms with E-state index in [1.807, 2.05) is 24.0 Å². The zero-order chi connectivity index (χ0) is 15.5. The second-order valence-corrected chi connectivity index (χ2v) is 5.85. The molecule has 0 saturated carbocycles. The number of rotatable bonds is 3. The van der Waals surface area contributed by atoms with Gasteiger partial charge in [-0.05, 0) is 43.5 Å². The number of likely N-dealkylation sites (tertiary alicyclic amines) is 1. The summed E-state index contributed by atoms with van der Waals surface area (Å²) in [6.45, 7) is 2.64. The SMILES string of the molecule is CCC(=O)N1CCCC[C@H]1c1nc(-c2ccc(Cl)cc2)no1. The molecular formula is C16H18ClN3O2. The smallest absolute Gasteiger partial charge is 0.249 e. The van der Waals surface area contributed by atoms with E-state index in [2.05, 4.69) is 10.1 Å². The molecule has 1 aromatic carbocycles. The average Bonchev–Trinajstić information content (AvgIpc) is 3.04. The van der Waals surface area contributed by atoms with E-state index in [9.17, 15) is 4.79 Å². The van der Waals surface area contributed by atoms with Gasteiger partial charge >= 0.3 is 0 Å². The number of carbonyl (C=O) groups is 1. The molecule has 0 aliphatic carbocycles. The van der Waals surface area contributed by atoms with Crippen LogP contribution >= 0.6 is 11.6 Å². The number of piperidine rings is 1. The van der Waals surface area contributed by atoms with Gasteiger partial charge in [-0.15, -0.1) is 0 Å². The number of hydrogen-bond donors (Lipinski definition) is 0. The monoisotopic (exact) mass is 319 g/mol. The standard InChI is InChI=1S/C16H18ClN3O2/c1-2-14(21)20-10-4-3-5-13(20)16-18-15(19-22-16)11-6-8-12(17)9-7-11/h6-9,13H,2-5,10H2,1H3/t13-/m0/s1. The molecular weight excluding hydrogens is 302 g/mol. The van der Waals surface area contributed by atoms with Crippen molar-refractivity contribution >= 4 is 17.5 Å². The first-order valence-corrected chi connectivity index (χ1v) is 7.96. The Morgan fingerprint density at radius 2 is 2.14 bits per heavy atom. The summed E-state index contributed by atoms with van der Waals surface area (Å²) in [5, 5.41) is 4.71. The fourth-order valence-electron chi connectivity index (χ4n) is 2.78. The summed E-state index contributed by atoms with van der Waals surface area (Å²) in [5.74, 6) is 1.18. The minimum atomic E-state index is -0.102. The minimum Gasteiger partial charge on any atom is -0.337 e. The number of carbonyl (C=O) groups excluding carboxylic acids is 1. The van der Waals surface area contributed by atoms with Crippen molar-refractivity contribution in [2.45, 2.75) is 38.6 Å². The largest absolute Gasteiger partial charge is 0.337 e. The van der Waals surface area contributed by atoms with Gasteiger partial charge in [0.25, 0.3) is 0 Å². The van der Waals surface area contributed by atoms with Crippen LogP contribution in [0, 0.1) is 0 Å². The number of benzene rings is 1. The molecule has 0 N–H and O–H groups in total. The Kier molecular flexibility index (Phi) is 4.43. The Morgan fingerprint density at radius 1 is 1.36 bits per heavy atom. The van der Waals surface area contributed by atoms with Crippen molar-refractivity contribution in [1.29, 1.82) is 0 Å². The van der Waals surface area contributed by atoms with Crippen molar-refractivity contribution in [3.63, 3.8) is 0 Å². The predicted octanol–water partition coefficient (Wildman–Crippen LogP) is 3.85. The number of amides is 1. The van der Waals surface area contributed by atoms with Crippen LogP contribution in [0.2, 0.25) is 5.02 Å². The second-order valence-electron chi connectivity index (χ2n) is 5.42. The summed E-state index contributed by atoms with van der Waals surface area (Å²) in [6.07, 6.45) is 3.46. The minimum absolute atomic E-state index is 0.102. The fourth-order valence-corrected chi connectivity index (χ4v) is 2.90. The van der Waals surface area contributed by atoms with Gasteiger partial charge in [-0.25, -0.2) is 0 Å². The van der Waals surface area contributed by atoms with Gasteiger partial charge in [0.05, 0.1) is 0 Å². The Balaban J connectivity index is 1.85. The maximum absolute atomic E-state index is 12.1. The topological polar surface area (TPSA) is 59.2 Å². The highest BCUT2D eigenvalue weighted by molar-refractivity contribution is 6.30. The lowest BCUT2D eigenvalue weighted by Gasteiger charge is -2.33. The lowest BCUT2D eigenvalue weighted by Crippen LogP contribution is -2.38. The summed E-state index contributed by atoms with van der Waals surface area (Å²) in [4.78, 5) is 18.4. The number of nitrogens with zero attached hydrogens (tertiary/aromatic N) is 3. The van der Waals surface area contributed by atoms with E-state index in [4.69, 9.17) is 16.1 Å². The second kappa shape index (κ2) is 6.48. The zero-order valence-corrected chi connectivity index (χ0v) is 13.2. The Morgan fingerprint density at radius 3 is 2.86 bits per heavy atom. The summed E-state index contributed by atoms with van der Waals surface area (Å²) < 4.78 is 5.43. The molecule has 116 valence electrons. The summed E-state index contributed by atoms with van der Waals surface area (Å²) in [6, 6.07) is 7.19. The lowest BCUT2D eigenvalue weighted by atomic mass is 10.0. The molecule has 22 heavy (non-hydrogen) atoms. The maximum Gasteiger partial charge on any atom is 0.249 e. The predicted molar refractivity (Wildman–Crippen MR) is 83.3 cm³/mol. The van der Waals surface area contributed by atoms with Gasteiger partial charge in [0.15, 0.2) is 0 Å². The van der Waals surface area contributed by atoms with Crippen LogP contribution in [0.15, 0.2) is 28.8 Å². The van der Waals surface area contributed by atoms with E-state index in [-0.39, 0.29) is 11.9 Å². The van der Waals surface area contributed by atoms with E-state index in [0.717, 1.165) is 31.4 Å². The van der Waals surface area contributed by atoms with Gasteiger partial charge in [0, 0.05) is 23.6 Å². The van der Waals surface area contributed by atoms with Crippen LogP contribution in [0.25, 0.3) is 11.4 Å². The van der Waals surface area contributed by atoms with E-state index in [1.165, 1.54) is 0 Å². The molecule has 3 rings (SSSR count). The van der Waals surface area contributed by atoms with Crippen LogP contribution in [0.4, 0.5) is 0 Å². The molecule has 0 bridgehead atoms. The summed E-state index contributed by atoms with van der Waals surface area (Å²) in [7, 11) is 0. The van der Waals surface area contributed by atoms with Gasteiger partial charge in [0.1, 0.15) is 6.04 Å². The Hall–Kier alpha value is -1.88. The highest BCUT2D eigenvalue weighted by Gasteiger charge is 2.31. The molecule has 6 heteroatoms. The molecule has 5 nitrogen and oxygen atoms in total. The van der Waals surface area contributed by atoms with Gasteiger partial charge in [-0.3, -0.25) is 4.79 Å². The number of aromatic nitrogens is 2. The van der Waals surface area contributed by atoms with Gasteiger partial charge in [-0.2, -0.15) is 4.98 Å². The first-order valence-electron chi connectivity index (χ1n) is 7.58. The molecule has 1 aliphatic rings. The Bertz CT molecular complexity index is 654. The molecule has 1 saturated heterocycles. The number of hydrogen-bond acceptors (Lipinski definition) is 4. The van der Waals surface area contributed by atoms with Crippen molar-refractivity contribution in [2.75, 3.05) is 6.54 Å². The molecule has 1 amide bonds. The van der Waals surface area contributed by atoms with Gasteiger partial charge in [-0.1, -0.05) is 23.7 Å². The van der Waals surface area contributed by atoms with E-state index < -0.39 is 0 Å². The molecule has 2 heterocycles. The fraction of sp³-hybridized carbons (Fsp3) is 0.438. The van der Waals surface area contributed by atoms with E-state index >= 15 is 0 Å². The Labute approximate surface area is 134 Å². The highest BCUT2D eigenvalue weighted by atomic mass is 35.5. The molecule has 2 aromatic rings. The summed E-state index contributed by atoms with van der Waals surface area (Å²) >= 11 is 5.89. The molecule has 0 radical (unpaired) electrons. The van der Waals surface area contributed by atoms with E-state index in [0.29, 0.717) is 23.2 Å². The average molecular weight is 320 g/mol. The number of halogens is 1. The molecule has 0 unspecified atom stereocenters. The maximum atomic E-state index is 12.1. The highest BCUT2D eigenvalue weighted by Crippen LogP contribution is 2.31. The first kappa shape index (κ1) is 15.0. The third-order valence-corrected chi connectivity index (χ3v) is 4.21. The van der Waals surface area contributed by atoms with Crippen molar-refractivity contribution in [3.8, 4) is 11.4 Å². The molecule has 1 atom stereocenters. The van der Waals surface area contributed by atoms with Crippen LogP contribution in [-0.4, -0.2) is 27.5 Å². The van der Waals surface area contributed by atoms with Gasteiger partial charge in [0.2, 0.25) is 17.6 Å². The normalized spacial score (nSPS) is 18.5. The van der Waals surface area contributed by atoms with Crippen molar-refractivity contribution in [3.05, 3.63) is 35.2 Å². The zero-order valence-electron chi connectivity index (χ0n) is 12.5. The van der Waals surface area contributed by atoms with E-state index in [1.54, 1.807) is 12.1 Å². The third-order valence-electron chi connectivity index (χ3n) is 3.95. The van der Waals surface area contributed by atoms with Crippen molar-refractivity contribution < 1.29 is 9.32 Å². The quantitative estimate of drug-likeness (QED) is 0.862. The lowest BCUT2D eigenvalue weighted by molar-refractivity contribution is -0.135. The molecule has 1 fully saturated rings. The molecule has 1 aromatic heterocycles. The van der Waals surface area contributed by atoms with Crippen molar-refractivity contribution in [2.24, 2.45) is 0 Å². The molecule has 0 spiro atoms.